The van der Waals surface area contributed by atoms with Gasteiger partial charge in [0, 0.05) is 26.1 Å². The third-order valence-electron chi connectivity index (χ3n) is 3.47. The number of carbonyl (C=O) groups is 1. The molecule has 0 radical (unpaired) electrons. The molecule has 0 aromatic heterocycles. The molecule has 20 heavy (non-hydrogen) atoms. The molecule has 4 nitrogen and oxygen atoms in total. The van der Waals surface area contributed by atoms with Gasteiger partial charge in [0.05, 0.1) is 11.3 Å². The van der Waals surface area contributed by atoms with Crippen LogP contribution in [0.4, 0.5) is 10.1 Å². The second kappa shape index (κ2) is 6.90. The number of anilines is 1. The molecule has 1 aliphatic rings. The van der Waals surface area contributed by atoms with Gasteiger partial charge in [-0.3, -0.25) is 4.79 Å². The quantitative estimate of drug-likeness (QED) is 0.918. The smallest absolute Gasteiger partial charge is 0.224 e. The number of halogens is 1. The molecule has 0 aliphatic carbocycles. The molecule has 2 rings (SSSR count). The fourth-order valence-corrected chi connectivity index (χ4v) is 2.37. The lowest BCUT2D eigenvalue weighted by molar-refractivity contribution is -0.131. The van der Waals surface area contributed by atoms with Gasteiger partial charge in [-0.2, -0.15) is 5.26 Å². The van der Waals surface area contributed by atoms with E-state index in [-0.39, 0.29) is 11.5 Å². The van der Waals surface area contributed by atoms with Crippen LogP contribution in [-0.4, -0.2) is 30.4 Å². The van der Waals surface area contributed by atoms with Gasteiger partial charge < -0.3 is 10.2 Å². The van der Waals surface area contributed by atoms with E-state index in [0.717, 1.165) is 25.9 Å². The first kappa shape index (κ1) is 14.3. The van der Waals surface area contributed by atoms with Crippen LogP contribution in [0.2, 0.25) is 0 Å². The van der Waals surface area contributed by atoms with Crippen LogP contribution in [-0.2, 0) is 4.79 Å². The van der Waals surface area contributed by atoms with E-state index in [9.17, 15) is 9.18 Å². The molecule has 106 valence electrons. The predicted octanol–water partition coefficient (Wildman–Crippen LogP) is 2.51. The van der Waals surface area contributed by atoms with Gasteiger partial charge >= 0.3 is 0 Å². The van der Waals surface area contributed by atoms with E-state index in [0.29, 0.717) is 18.7 Å². The summed E-state index contributed by atoms with van der Waals surface area (Å²) in [6, 6.07) is 5.96. The lowest BCUT2D eigenvalue weighted by atomic mass is 10.1. The largest absolute Gasteiger partial charge is 0.383 e. The molecule has 5 heteroatoms. The number of piperidine rings is 1. The van der Waals surface area contributed by atoms with Crippen molar-refractivity contribution in [3.05, 3.63) is 29.6 Å². The van der Waals surface area contributed by atoms with Gasteiger partial charge in [0.25, 0.3) is 0 Å². The first-order valence-corrected chi connectivity index (χ1v) is 6.92. The minimum Gasteiger partial charge on any atom is -0.383 e. The number of amides is 1. The number of hydrogen-bond donors (Lipinski definition) is 1. The Bertz CT molecular complexity index is 518. The number of nitriles is 1. The number of carbonyl (C=O) groups excluding carboxylic acids is 1. The molecule has 0 atom stereocenters. The molecule has 1 aromatic rings. The van der Waals surface area contributed by atoms with Crippen molar-refractivity contribution in [1.82, 2.24) is 4.90 Å². The Morgan fingerprint density at radius 1 is 1.35 bits per heavy atom. The van der Waals surface area contributed by atoms with Crippen LogP contribution in [0, 0.1) is 17.1 Å². The summed E-state index contributed by atoms with van der Waals surface area (Å²) >= 11 is 0. The highest BCUT2D eigenvalue weighted by atomic mass is 19.1. The number of benzene rings is 1. The Labute approximate surface area is 118 Å². The van der Waals surface area contributed by atoms with Gasteiger partial charge in [0.15, 0.2) is 0 Å². The van der Waals surface area contributed by atoms with E-state index in [2.05, 4.69) is 5.32 Å². The number of nitrogens with zero attached hydrogens (tertiary/aromatic N) is 2. The summed E-state index contributed by atoms with van der Waals surface area (Å²) in [5.74, 6) is -0.297. The van der Waals surface area contributed by atoms with Crippen LogP contribution < -0.4 is 5.32 Å². The Morgan fingerprint density at radius 2 is 2.10 bits per heavy atom. The van der Waals surface area contributed by atoms with Crippen molar-refractivity contribution in [3.63, 3.8) is 0 Å². The highest BCUT2D eigenvalue weighted by Crippen LogP contribution is 2.16. The fourth-order valence-electron chi connectivity index (χ4n) is 2.37. The Balaban J connectivity index is 1.83. The molecule has 0 bridgehead atoms. The molecular weight excluding hydrogens is 257 g/mol. The van der Waals surface area contributed by atoms with Crippen LogP contribution in [0.25, 0.3) is 0 Å². The van der Waals surface area contributed by atoms with Gasteiger partial charge in [-0.25, -0.2) is 4.39 Å². The van der Waals surface area contributed by atoms with Crippen LogP contribution in [0.5, 0.6) is 0 Å². The maximum absolute atomic E-state index is 13.0. The van der Waals surface area contributed by atoms with Gasteiger partial charge in [-0.05, 0) is 37.5 Å². The zero-order chi connectivity index (χ0) is 14.4. The molecule has 0 unspecified atom stereocenters. The summed E-state index contributed by atoms with van der Waals surface area (Å²) < 4.78 is 13.0. The summed E-state index contributed by atoms with van der Waals surface area (Å²) in [4.78, 5) is 13.8. The van der Waals surface area contributed by atoms with E-state index < -0.39 is 5.82 Å². The van der Waals surface area contributed by atoms with Gasteiger partial charge in [0.1, 0.15) is 11.9 Å². The second-order valence-electron chi connectivity index (χ2n) is 4.92. The fraction of sp³-hybridized carbons (Fsp3) is 0.467. The monoisotopic (exact) mass is 275 g/mol. The summed E-state index contributed by atoms with van der Waals surface area (Å²) in [5.41, 5.74) is 0.829. The Kier molecular flexibility index (Phi) is 4.94. The van der Waals surface area contributed by atoms with E-state index in [1.165, 1.54) is 24.6 Å². The van der Waals surface area contributed by atoms with E-state index in [1.807, 2.05) is 11.0 Å². The average Bonchev–Trinajstić information content (AvgIpc) is 2.49. The molecule has 1 aromatic carbocycles. The van der Waals surface area contributed by atoms with Crippen LogP contribution in [0.15, 0.2) is 18.2 Å². The standard InChI is InChI=1S/C15H18FN3O/c16-13-4-5-14(12(10-13)11-17)18-7-6-15(20)19-8-2-1-3-9-19/h4-5,10,18H,1-3,6-9H2. The van der Waals surface area contributed by atoms with Crippen molar-refractivity contribution in [1.29, 1.82) is 5.26 Å². The van der Waals surface area contributed by atoms with Crippen molar-refractivity contribution < 1.29 is 9.18 Å². The van der Waals surface area contributed by atoms with Gasteiger partial charge in [-0.1, -0.05) is 0 Å². The Morgan fingerprint density at radius 3 is 2.80 bits per heavy atom. The SMILES string of the molecule is N#Cc1cc(F)ccc1NCCC(=O)N1CCCCC1. The van der Waals surface area contributed by atoms with E-state index >= 15 is 0 Å². The lowest BCUT2D eigenvalue weighted by Crippen LogP contribution is -2.36. The minimum atomic E-state index is -0.434. The van der Waals surface area contributed by atoms with Crippen molar-refractivity contribution in [3.8, 4) is 6.07 Å². The first-order valence-electron chi connectivity index (χ1n) is 6.92. The van der Waals surface area contributed by atoms with Crippen LogP contribution in [0.3, 0.4) is 0 Å². The van der Waals surface area contributed by atoms with Crippen LogP contribution in [0.1, 0.15) is 31.2 Å². The number of hydrogen-bond acceptors (Lipinski definition) is 3. The summed E-state index contributed by atoms with van der Waals surface area (Å²) in [7, 11) is 0. The molecule has 1 aliphatic heterocycles. The molecule has 0 saturated carbocycles. The molecule has 1 fully saturated rings. The number of rotatable bonds is 4. The third kappa shape index (κ3) is 3.70. The van der Waals surface area contributed by atoms with Crippen molar-refractivity contribution in [2.75, 3.05) is 25.0 Å². The summed E-state index contributed by atoms with van der Waals surface area (Å²) in [6.07, 6.45) is 3.75. The maximum Gasteiger partial charge on any atom is 0.224 e. The maximum atomic E-state index is 13.0. The van der Waals surface area contributed by atoms with Gasteiger partial charge in [0.2, 0.25) is 5.91 Å². The molecule has 0 spiro atoms. The topological polar surface area (TPSA) is 56.1 Å². The van der Waals surface area contributed by atoms with Gasteiger partial charge in [-0.15, -0.1) is 0 Å². The minimum absolute atomic E-state index is 0.137. The van der Waals surface area contributed by atoms with Crippen molar-refractivity contribution in [2.24, 2.45) is 0 Å². The second-order valence-corrected chi connectivity index (χ2v) is 4.92. The first-order chi connectivity index (χ1) is 9.70. The highest BCUT2D eigenvalue weighted by molar-refractivity contribution is 5.77. The molecule has 1 saturated heterocycles. The Hall–Kier alpha value is -2.09. The predicted molar refractivity (Wildman–Crippen MR) is 74.7 cm³/mol. The zero-order valence-corrected chi connectivity index (χ0v) is 11.4. The van der Waals surface area contributed by atoms with Crippen LogP contribution >= 0.6 is 0 Å². The number of likely N-dealkylation sites (tertiary alicyclic amines) is 1. The molecular formula is C15H18FN3O. The normalized spacial score (nSPS) is 14.7. The third-order valence-corrected chi connectivity index (χ3v) is 3.47. The van der Waals surface area contributed by atoms with E-state index in [4.69, 9.17) is 5.26 Å². The zero-order valence-electron chi connectivity index (χ0n) is 11.4. The lowest BCUT2D eigenvalue weighted by Gasteiger charge is -2.26. The molecule has 1 N–H and O–H groups in total. The number of nitrogens with one attached hydrogen (secondary N) is 1. The summed E-state index contributed by atoms with van der Waals surface area (Å²) in [5, 5.41) is 11.9. The summed E-state index contributed by atoms with van der Waals surface area (Å²) in [6.45, 7) is 2.15. The average molecular weight is 275 g/mol. The van der Waals surface area contributed by atoms with Crippen molar-refractivity contribution >= 4 is 11.6 Å². The highest BCUT2D eigenvalue weighted by Gasteiger charge is 2.15. The molecule has 1 amide bonds. The van der Waals surface area contributed by atoms with Crippen molar-refractivity contribution in [2.45, 2.75) is 25.7 Å². The van der Waals surface area contributed by atoms with E-state index in [1.54, 1.807) is 0 Å². The molecule has 1 heterocycles.